The predicted molar refractivity (Wildman–Crippen MR) is 76.6 cm³/mol. The molecule has 0 unspecified atom stereocenters. The predicted octanol–water partition coefficient (Wildman–Crippen LogP) is 2.41. The maximum Gasteiger partial charge on any atom is 0.241 e. The van der Waals surface area contributed by atoms with Gasteiger partial charge in [0.2, 0.25) is 5.91 Å². The first-order valence-corrected chi connectivity index (χ1v) is 5.71. The molecule has 4 nitrogen and oxygen atoms in total. The zero-order valence-electron chi connectivity index (χ0n) is 11.2. The Morgan fingerprint density at radius 2 is 2.06 bits per heavy atom. The largest absolute Gasteiger partial charge is 0.496 e. The van der Waals surface area contributed by atoms with Crippen LogP contribution in [0.2, 0.25) is 0 Å². The summed E-state index contributed by atoms with van der Waals surface area (Å²) in [4.78, 5) is 11.7. The summed E-state index contributed by atoms with van der Waals surface area (Å²) in [6.45, 7) is 5.76. The Balaban J connectivity index is 0.00000289. The van der Waals surface area contributed by atoms with Crippen LogP contribution in [0.5, 0.6) is 5.75 Å². The summed E-state index contributed by atoms with van der Waals surface area (Å²) in [5, 5.41) is 2.82. The van der Waals surface area contributed by atoms with Crippen molar-refractivity contribution in [1.29, 1.82) is 0 Å². The molecule has 0 spiro atoms. The third-order valence-electron chi connectivity index (χ3n) is 2.84. The molecule has 3 N–H and O–H groups in total. The Labute approximate surface area is 114 Å². The van der Waals surface area contributed by atoms with Crippen LogP contribution < -0.4 is 15.8 Å². The fourth-order valence-corrected chi connectivity index (χ4v) is 1.69. The molecule has 0 saturated heterocycles. The van der Waals surface area contributed by atoms with Gasteiger partial charge in [-0.25, -0.2) is 0 Å². The van der Waals surface area contributed by atoms with Crippen molar-refractivity contribution in [2.75, 3.05) is 12.4 Å². The fraction of sp³-hybridized carbons (Fsp3) is 0.462. The first-order valence-electron chi connectivity index (χ1n) is 5.71. The first kappa shape index (κ1) is 16.7. The van der Waals surface area contributed by atoms with Gasteiger partial charge in [0.05, 0.1) is 13.2 Å². The molecule has 1 aromatic carbocycles. The van der Waals surface area contributed by atoms with Gasteiger partial charge in [0.25, 0.3) is 0 Å². The summed E-state index contributed by atoms with van der Waals surface area (Å²) >= 11 is 0. The molecule has 1 atom stereocenters. The second-order valence-corrected chi connectivity index (χ2v) is 4.09. The summed E-state index contributed by atoms with van der Waals surface area (Å²) in [5.41, 5.74) is 8.39. The number of anilines is 1. The number of benzene rings is 1. The Hall–Kier alpha value is -1.26. The van der Waals surface area contributed by atoms with Crippen molar-refractivity contribution < 1.29 is 9.53 Å². The number of amides is 1. The SMILES string of the molecule is CC[C@H](N)C(=O)Nc1ccc(C)c(OC)c1C.Cl. The van der Waals surface area contributed by atoms with E-state index in [0.717, 1.165) is 22.6 Å². The lowest BCUT2D eigenvalue weighted by Crippen LogP contribution is -2.35. The second kappa shape index (κ2) is 7.24. The average Bonchev–Trinajstić information content (AvgIpc) is 2.32. The minimum absolute atomic E-state index is 0. The van der Waals surface area contributed by atoms with Crippen LogP contribution in [0.1, 0.15) is 24.5 Å². The second-order valence-electron chi connectivity index (χ2n) is 4.09. The van der Waals surface area contributed by atoms with E-state index in [2.05, 4.69) is 5.32 Å². The number of rotatable bonds is 4. The Kier molecular flexibility index (Phi) is 6.73. The van der Waals surface area contributed by atoms with Crippen LogP contribution in [0.4, 0.5) is 5.69 Å². The summed E-state index contributed by atoms with van der Waals surface area (Å²) in [6, 6.07) is 3.31. The highest BCUT2D eigenvalue weighted by Gasteiger charge is 2.14. The van der Waals surface area contributed by atoms with E-state index in [1.54, 1.807) is 7.11 Å². The smallest absolute Gasteiger partial charge is 0.241 e. The van der Waals surface area contributed by atoms with Crippen molar-refractivity contribution in [2.45, 2.75) is 33.2 Å². The van der Waals surface area contributed by atoms with Gasteiger partial charge < -0.3 is 15.8 Å². The van der Waals surface area contributed by atoms with E-state index in [-0.39, 0.29) is 18.3 Å². The first-order chi connectivity index (χ1) is 8.01. The van der Waals surface area contributed by atoms with E-state index < -0.39 is 6.04 Å². The van der Waals surface area contributed by atoms with Crippen molar-refractivity contribution in [2.24, 2.45) is 5.73 Å². The molecular formula is C13H21ClN2O2. The number of nitrogens with two attached hydrogens (primary N) is 1. The minimum Gasteiger partial charge on any atom is -0.496 e. The Bertz CT molecular complexity index is 422. The van der Waals surface area contributed by atoms with E-state index in [1.165, 1.54) is 0 Å². The number of halogens is 1. The number of hydrogen-bond donors (Lipinski definition) is 2. The number of aryl methyl sites for hydroxylation is 1. The quantitative estimate of drug-likeness (QED) is 0.885. The van der Waals surface area contributed by atoms with Crippen LogP contribution in [0.25, 0.3) is 0 Å². The van der Waals surface area contributed by atoms with Gasteiger partial charge in [-0.05, 0) is 31.9 Å². The lowest BCUT2D eigenvalue weighted by Gasteiger charge is -2.15. The molecule has 1 aromatic rings. The van der Waals surface area contributed by atoms with Crippen molar-refractivity contribution in [3.8, 4) is 5.75 Å². The Morgan fingerprint density at radius 3 is 2.56 bits per heavy atom. The highest BCUT2D eigenvalue weighted by atomic mass is 35.5. The number of nitrogens with one attached hydrogen (secondary N) is 1. The third-order valence-corrected chi connectivity index (χ3v) is 2.84. The number of ether oxygens (including phenoxy) is 1. The van der Waals surface area contributed by atoms with Crippen LogP contribution in [-0.2, 0) is 4.79 Å². The van der Waals surface area contributed by atoms with E-state index in [1.807, 2.05) is 32.9 Å². The normalized spacial score (nSPS) is 11.4. The van der Waals surface area contributed by atoms with Gasteiger partial charge in [-0.15, -0.1) is 12.4 Å². The van der Waals surface area contributed by atoms with E-state index >= 15 is 0 Å². The van der Waals surface area contributed by atoms with Crippen LogP contribution in [0, 0.1) is 13.8 Å². The molecule has 0 saturated carbocycles. The van der Waals surface area contributed by atoms with Crippen LogP contribution in [0.3, 0.4) is 0 Å². The lowest BCUT2D eigenvalue weighted by atomic mass is 10.1. The molecule has 0 aliphatic carbocycles. The van der Waals surface area contributed by atoms with E-state index in [9.17, 15) is 4.79 Å². The maximum absolute atomic E-state index is 11.7. The van der Waals surface area contributed by atoms with Crippen molar-refractivity contribution in [1.82, 2.24) is 0 Å². The van der Waals surface area contributed by atoms with Gasteiger partial charge in [-0.1, -0.05) is 13.0 Å². The lowest BCUT2D eigenvalue weighted by molar-refractivity contribution is -0.117. The van der Waals surface area contributed by atoms with Crippen molar-refractivity contribution in [3.63, 3.8) is 0 Å². The fourth-order valence-electron chi connectivity index (χ4n) is 1.69. The van der Waals surface area contributed by atoms with Crippen LogP contribution in [-0.4, -0.2) is 19.1 Å². The summed E-state index contributed by atoms with van der Waals surface area (Å²) in [6.07, 6.45) is 0.619. The number of hydrogen-bond acceptors (Lipinski definition) is 3. The number of carbonyl (C=O) groups excluding carboxylic acids is 1. The topological polar surface area (TPSA) is 64.4 Å². The zero-order chi connectivity index (χ0) is 13.0. The number of methoxy groups -OCH3 is 1. The standard InChI is InChI=1S/C13H20N2O2.ClH/c1-5-10(14)13(16)15-11-7-6-8(2)12(17-4)9(11)3;/h6-7,10H,5,14H2,1-4H3,(H,15,16);1H/t10-;/m0./s1. The minimum atomic E-state index is -0.471. The molecule has 0 fully saturated rings. The molecule has 0 heterocycles. The van der Waals surface area contributed by atoms with Gasteiger partial charge >= 0.3 is 0 Å². The highest BCUT2D eigenvalue weighted by Crippen LogP contribution is 2.29. The molecule has 0 aliphatic rings. The number of carbonyl (C=O) groups is 1. The van der Waals surface area contributed by atoms with E-state index in [0.29, 0.717) is 6.42 Å². The molecule has 18 heavy (non-hydrogen) atoms. The third kappa shape index (κ3) is 3.62. The Morgan fingerprint density at radius 1 is 1.44 bits per heavy atom. The molecule has 102 valence electrons. The molecule has 0 aromatic heterocycles. The summed E-state index contributed by atoms with van der Waals surface area (Å²) in [7, 11) is 1.62. The molecular weight excluding hydrogens is 252 g/mol. The van der Waals surface area contributed by atoms with E-state index in [4.69, 9.17) is 10.5 Å². The summed E-state index contributed by atoms with van der Waals surface area (Å²) < 4.78 is 5.30. The molecule has 1 amide bonds. The van der Waals surface area contributed by atoms with Crippen molar-refractivity contribution in [3.05, 3.63) is 23.3 Å². The molecule has 0 aliphatic heterocycles. The zero-order valence-corrected chi connectivity index (χ0v) is 12.1. The maximum atomic E-state index is 11.7. The molecule has 5 heteroatoms. The van der Waals surface area contributed by atoms with Gasteiger partial charge in [0.1, 0.15) is 5.75 Å². The average molecular weight is 273 g/mol. The van der Waals surface area contributed by atoms with Gasteiger partial charge in [0.15, 0.2) is 0 Å². The molecule has 1 rings (SSSR count). The molecule has 0 bridgehead atoms. The molecule has 0 radical (unpaired) electrons. The van der Waals surface area contributed by atoms with Gasteiger partial charge in [-0.2, -0.15) is 0 Å². The van der Waals surface area contributed by atoms with Gasteiger partial charge in [-0.3, -0.25) is 4.79 Å². The van der Waals surface area contributed by atoms with Gasteiger partial charge in [0, 0.05) is 11.3 Å². The van der Waals surface area contributed by atoms with Crippen LogP contribution in [0.15, 0.2) is 12.1 Å². The highest BCUT2D eigenvalue weighted by molar-refractivity contribution is 5.95. The van der Waals surface area contributed by atoms with Crippen LogP contribution >= 0.6 is 12.4 Å². The monoisotopic (exact) mass is 272 g/mol. The summed E-state index contributed by atoms with van der Waals surface area (Å²) in [5.74, 6) is 0.634. The van der Waals surface area contributed by atoms with Crippen molar-refractivity contribution >= 4 is 24.0 Å².